The summed E-state index contributed by atoms with van der Waals surface area (Å²) in [4.78, 5) is 11.7. The molecule has 2 aliphatic rings. The Bertz CT molecular complexity index is 331. The van der Waals surface area contributed by atoms with Gasteiger partial charge in [-0.2, -0.15) is 0 Å². The third-order valence-corrected chi connectivity index (χ3v) is 5.89. The molecule has 104 valence electrons. The van der Waals surface area contributed by atoms with Gasteiger partial charge in [0.25, 0.3) is 0 Å². The molecule has 2 N–H and O–H groups in total. The Hall–Kier alpha value is -0.420. The number of nitrogens with one attached hydrogen (secondary N) is 2. The SMILES string of the molecule is CCNC1CCC(S(=O)CC(=O)NC2CC2)C1C. The lowest BCUT2D eigenvalue weighted by Gasteiger charge is -2.20. The van der Waals surface area contributed by atoms with Gasteiger partial charge in [0.1, 0.15) is 5.75 Å². The van der Waals surface area contributed by atoms with Gasteiger partial charge in [-0.25, -0.2) is 0 Å². The Balaban J connectivity index is 1.79. The summed E-state index contributed by atoms with van der Waals surface area (Å²) < 4.78 is 12.2. The minimum Gasteiger partial charge on any atom is -0.353 e. The van der Waals surface area contributed by atoms with Crippen LogP contribution in [0, 0.1) is 5.92 Å². The smallest absolute Gasteiger partial charge is 0.232 e. The minimum atomic E-state index is -1.02. The molecular weight excluding hydrogens is 248 g/mol. The largest absolute Gasteiger partial charge is 0.353 e. The molecule has 0 bridgehead atoms. The van der Waals surface area contributed by atoms with E-state index in [1.807, 2.05) is 0 Å². The van der Waals surface area contributed by atoms with Crippen LogP contribution < -0.4 is 10.6 Å². The number of amides is 1. The van der Waals surface area contributed by atoms with E-state index in [1.54, 1.807) is 0 Å². The number of rotatable bonds is 6. The molecule has 18 heavy (non-hydrogen) atoms. The predicted molar refractivity (Wildman–Crippen MR) is 73.8 cm³/mol. The molecule has 0 heterocycles. The van der Waals surface area contributed by atoms with Crippen LogP contribution in [0.5, 0.6) is 0 Å². The average molecular weight is 272 g/mol. The third-order valence-electron chi connectivity index (χ3n) is 4.00. The molecule has 2 rings (SSSR count). The molecule has 2 fully saturated rings. The fraction of sp³-hybridized carbons (Fsp3) is 0.923. The van der Waals surface area contributed by atoms with Crippen LogP contribution in [0.3, 0.4) is 0 Å². The summed E-state index contributed by atoms with van der Waals surface area (Å²) in [6.07, 6.45) is 4.22. The van der Waals surface area contributed by atoms with Crippen molar-refractivity contribution in [1.29, 1.82) is 0 Å². The number of carbonyl (C=O) groups is 1. The monoisotopic (exact) mass is 272 g/mol. The molecule has 5 heteroatoms. The van der Waals surface area contributed by atoms with E-state index < -0.39 is 10.8 Å². The van der Waals surface area contributed by atoms with Crippen molar-refractivity contribution in [2.75, 3.05) is 12.3 Å². The average Bonchev–Trinajstić information content (AvgIpc) is 3.04. The highest BCUT2D eigenvalue weighted by atomic mass is 32.2. The van der Waals surface area contributed by atoms with Crippen LogP contribution >= 0.6 is 0 Å². The van der Waals surface area contributed by atoms with Crippen LogP contribution in [-0.4, -0.2) is 39.7 Å². The first-order chi connectivity index (χ1) is 8.61. The van der Waals surface area contributed by atoms with Gasteiger partial charge >= 0.3 is 0 Å². The highest BCUT2D eigenvalue weighted by molar-refractivity contribution is 7.86. The van der Waals surface area contributed by atoms with Gasteiger partial charge in [0.05, 0.1) is 0 Å². The second kappa shape index (κ2) is 6.15. The van der Waals surface area contributed by atoms with E-state index in [0.29, 0.717) is 18.0 Å². The first-order valence-corrected chi connectivity index (χ1v) is 8.40. The highest BCUT2D eigenvalue weighted by Crippen LogP contribution is 2.30. The first-order valence-electron chi connectivity index (χ1n) is 7.01. The summed E-state index contributed by atoms with van der Waals surface area (Å²) in [6.45, 7) is 5.21. The lowest BCUT2D eigenvalue weighted by Crippen LogP contribution is -2.37. The molecule has 0 aromatic carbocycles. The van der Waals surface area contributed by atoms with Crippen molar-refractivity contribution >= 4 is 16.7 Å². The minimum absolute atomic E-state index is 0.0325. The molecule has 2 aliphatic carbocycles. The van der Waals surface area contributed by atoms with Gasteiger partial charge in [-0.15, -0.1) is 0 Å². The van der Waals surface area contributed by atoms with Gasteiger partial charge in [0.15, 0.2) is 0 Å². The Labute approximate surface area is 112 Å². The van der Waals surface area contributed by atoms with E-state index in [2.05, 4.69) is 24.5 Å². The van der Waals surface area contributed by atoms with E-state index in [4.69, 9.17) is 0 Å². The van der Waals surface area contributed by atoms with E-state index in [1.165, 1.54) is 0 Å². The summed E-state index contributed by atoms with van der Waals surface area (Å²) in [5, 5.41) is 6.53. The fourth-order valence-electron chi connectivity index (χ4n) is 2.78. The van der Waals surface area contributed by atoms with Crippen molar-refractivity contribution < 1.29 is 9.00 Å². The topological polar surface area (TPSA) is 58.2 Å². The predicted octanol–water partition coefficient (Wildman–Crippen LogP) is 0.790. The van der Waals surface area contributed by atoms with Gasteiger partial charge < -0.3 is 10.6 Å². The first kappa shape index (κ1) is 14.0. The lowest BCUT2D eigenvalue weighted by molar-refractivity contribution is -0.118. The van der Waals surface area contributed by atoms with E-state index in [-0.39, 0.29) is 16.9 Å². The molecular formula is C13H24N2O2S. The zero-order chi connectivity index (χ0) is 13.1. The summed E-state index contributed by atoms with van der Waals surface area (Å²) in [6, 6.07) is 0.834. The maximum absolute atomic E-state index is 12.2. The number of hydrogen-bond acceptors (Lipinski definition) is 3. The van der Waals surface area contributed by atoms with Crippen molar-refractivity contribution in [3.05, 3.63) is 0 Å². The normalized spacial score (nSPS) is 33.3. The molecule has 1 amide bonds. The Kier molecular flexibility index (Phi) is 4.78. The van der Waals surface area contributed by atoms with Crippen molar-refractivity contribution in [2.24, 2.45) is 5.92 Å². The molecule has 0 radical (unpaired) electrons. The van der Waals surface area contributed by atoms with Crippen molar-refractivity contribution in [1.82, 2.24) is 10.6 Å². The van der Waals surface area contributed by atoms with Crippen molar-refractivity contribution in [2.45, 2.75) is 56.9 Å². The van der Waals surface area contributed by atoms with Crippen LogP contribution in [-0.2, 0) is 15.6 Å². The summed E-state index contributed by atoms with van der Waals surface area (Å²) >= 11 is 0. The zero-order valence-corrected chi connectivity index (χ0v) is 12.1. The molecule has 0 aliphatic heterocycles. The Morgan fingerprint density at radius 3 is 2.61 bits per heavy atom. The number of hydrogen-bond donors (Lipinski definition) is 2. The molecule has 0 aromatic rings. The standard InChI is InChI=1S/C13H24N2O2S/c1-3-14-11-6-7-12(9(11)2)18(17)8-13(16)15-10-4-5-10/h9-12,14H,3-8H2,1-2H3,(H,15,16). The van der Waals surface area contributed by atoms with Gasteiger partial charge in [-0.05, 0) is 38.1 Å². The van der Waals surface area contributed by atoms with Gasteiger partial charge in [0.2, 0.25) is 5.91 Å². The van der Waals surface area contributed by atoms with E-state index in [9.17, 15) is 9.00 Å². The summed E-state index contributed by atoms with van der Waals surface area (Å²) in [7, 11) is -1.02. The van der Waals surface area contributed by atoms with Gasteiger partial charge in [-0.3, -0.25) is 9.00 Å². The van der Waals surface area contributed by atoms with Crippen LogP contribution in [0.25, 0.3) is 0 Å². The molecule has 4 nitrogen and oxygen atoms in total. The van der Waals surface area contributed by atoms with Crippen LogP contribution in [0.1, 0.15) is 39.5 Å². The molecule has 4 atom stereocenters. The number of carbonyl (C=O) groups excluding carboxylic acids is 1. The highest BCUT2D eigenvalue weighted by Gasteiger charge is 2.36. The molecule has 2 saturated carbocycles. The molecule has 0 aromatic heterocycles. The van der Waals surface area contributed by atoms with E-state index >= 15 is 0 Å². The maximum atomic E-state index is 12.2. The van der Waals surface area contributed by atoms with Crippen LogP contribution in [0.4, 0.5) is 0 Å². The fourth-order valence-corrected chi connectivity index (χ4v) is 4.41. The zero-order valence-electron chi connectivity index (χ0n) is 11.3. The van der Waals surface area contributed by atoms with Crippen LogP contribution in [0.15, 0.2) is 0 Å². The second-order valence-corrected chi connectivity index (χ2v) is 7.16. The summed E-state index contributed by atoms with van der Waals surface area (Å²) in [5.41, 5.74) is 0. The van der Waals surface area contributed by atoms with Gasteiger partial charge in [-0.1, -0.05) is 13.8 Å². The maximum Gasteiger partial charge on any atom is 0.232 e. The van der Waals surface area contributed by atoms with Crippen molar-refractivity contribution in [3.8, 4) is 0 Å². The Morgan fingerprint density at radius 2 is 2.00 bits per heavy atom. The molecule has 0 spiro atoms. The second-order valence-electron chi connectivity index (χ2n) is 5.51. The van der Waals surface area contributed by atoms with Crippen molar-refractivity contribution in [3.63, 3.8) is 0 Å². The van der Waals surface area contributed by atoms with Crippen LogP contribution in [0.2, 0.25) is 0 Å². The Morgan fingerprint density at radius 1 is 1.28 bits per heavy atom. The molecule has 4 unspecified atom stereocenters. The summed E-state index contributed by atoms with van der Waals surface area (Å²) in [5.74, 6) is 0.555. The third kappa shape index (κ3) is 3.54. The van der Waals surface area contributed by atoms with E-state index in [0.717, 1.165) is 32.2 Å². The lowest BCUT2D eigenvalue weighted by atomic mass is 10.1. The quantitative estimate of drug-likeness (QED) is 0.751. The van der Waals surface area contributed by atoms with Gasteiger partial charge in [0, 0.05) is 28.1 Å². The molecule has 0 saturated heterocycles.